The van der Waals surface area contributed by atoms with Crippen LogP contribution < -0.4 is 10.6 Å². The second kappa shape index (κ2) is 6.55. The van der Waals surface area contributed by atoms with Crippen LogP contribution >= 0.6 is 11.8 Å². The number of nitrogens with zero attached hydrogens (tertiary/aromatic N) is 2. The van der Waals surface area contributed by atoms with Crippen LogP contribution in [0.5, 0.6) is 0 Å². The van der Waals surface area contributed by atoms with Crippen molar-refractivity contribution >= 4 is 23.7 Å². The topological polar surface area (TPSA) is 97.1 Å². The molecule has 0 unspecified atom stereocenters. The molecule has 0 atom stereocenters. The van der Waals surface area contributed by atoms with E-state index in [1.165, 1.54) is 0 Å². The van der Waals surface area contributed by atoms with E-state index >= 15 is 0 Å². The standard InChI is InChI=1S/C11H16N4O3S/c1-2-5-12-10(17)13-8(16)6-19-11-15-14-9(18-11)7-3-4-7/h7H,2-6H2,1H3,(H2,12,13,16,17). The Morgan fingerprint density at radius 3 is 2.89 bits per heavy atom. The summed E-state index contributed by atoms with van der Waals surface area (Å²) in [6, 6.07) is -0.475. The first kappa shape index (κ1) is 13.9. The number of aromatic nitrogens is 2. The maximum Gasteiger partial charge on any atom is 0.321 e. The molecule has 1 aromatic rings. The van der Waals surface area contributed by atoms with Gasteiger partial charge in [-0.15, -0.1) is 10.2 Å². The lowest BCUT2D eigenvalue weighted by molar-refractivity contribution is -0.117. The van der Waals surface area contributed by atoms with Gasteiger partial charge in [0.2, 0.25) is 11.8 Å². The Morgan fingerprint density at radius 1 is 1.42 bits per heavy atom. The number of amides is 3. The van der Waals surface area contributed by atoms with Crippen LogP contribution in [0.2, 0.25) is 0 Å². The maximum absolute atomic E-state index is 11.5. The highest BCUT2D eigenvalue weighted by molar-refractivity contribution is 7.99. The van der Waals surface area contributed by atoms with Crippen molar-refractivity contribution in [3.8, 4) is 0 Å². The van der Waals surface area contributed by atoms with Crippen LogP contribution in [0.1, 0.15) is 38.0 Å². The number of rotatable bonds is 6. The summed E-state index contributed by atoms with van der Waals surface area (Å²) in [4.78, 5) is 22.7. The van der Waals surface area contributed by atoms with Gasteiger partial charge < -0.3 is 9.73 Å². The van der Waals surface area contributed by atoms with E-state index in [0.717, 1.165) is 31.0 Å². The Morgan fingerprint density at radius 2 is 2.21 bits per heavy atom. The molecule has 104 valence electrons. The Kier molecular flexibility index (Phi) is 4.78. The molecule has 1 aliphatic carbocycles. The third-order valence-corrected chi connectivity index (χ3v) is 3.28. The van der Waals surface area contributed by atoms with E-state index in [0.29, 0.717) is 23.6 Å². The second-order valence-electron chi connectivity index (χ2n) is 4.27. The van der Waals surface area contributed by atoms with Gasteiger partial charge in [0.05, 0.1) is 5.75 Å². The fraction of sp³-hybridized carbons (Fsp3) is 0.636. The van der Waals surface area contributed by atoms with Crippen molar-refractivity contribution in [3.05, 3.63) is 5.89 Å². The van der Waals surface area contributed by atoms with E-state index in [2.05, 4.69) is 20.8 Å². The molecule has 2 rings (SSSR count). The molecule has 0 spiro atoms. The molecule has 3 amide bonds. The van der Waals surface area contributed by atoms with E-state index in [4.69, 9.17) is 4.42 Å². The zero-order valence-corrected chi connectivity index (χ0v) is 11.5. The SMILES string of the molecule is CCCNC(=O)NC(=O)CSc1nnc(C2CC2)o1. The number of thioether (sulfide) groups is 1. The first-order chi connectivity index (χ1) is 9.19. The third kappa shape index (κ3) is 4.55. The average Bonchev–Trinajstić information content (AvgIpc) is 3.13. The van der Waals surface area contributed by atoms with Crippen LogP contribution in [0, 0.1) is 0 Å². The molecule has 19 heavy (non-hydrogen) atoms. The number of hydrogen-bond donors (Lipinski definition) is 2. The van der Waals surface area contributed by atoms with Gasteiger partial charge in [-0.1, -0.05) is 18.7 Å². The van der Waals surface area contributed by atoms with Crippen LogP contribution in [-0.4, -0.2) is 34.4 Å². The predicted molar refractivity (Wildman–Crippen MR) is 68.8 cm³/mol. The smallest absolute Gasteiger partial charge is 0.321 e. The minimum Gasteiger partial charge on any atom is -0.416 e. The van der Waals surface area contributed by atoms with E-state index in [9.17, 15) is 9.59 Å². The summed E-state index contributed by atoms with van der Waals surface area (Å²) < 4.78 is 5.39. The third-order valence-electron chi connectivity index (χ3n) is 2.46. The molecule has 0 bridgehead atoms. The Bertz CT molecular complexity index is 459. The number of carbonyl (C=O) groups excluding carboxylic acids is 2. The highest BCUT2D eigenvalue weighted by Crippen LogP contribution is 2.39. The van der Waals surface area contributed by atoms with Gasteiger partial charge in [-0.25, -0.2) is 4.79 Å². The molecule has 1 aromatic heterocycles. The first-order valence-electron chi connectivity index (χ1n) is 6.23. The monoisotopic (exact) mass is 284 g/mol. The number of imide groups is 1. The Balaban J connectivity index is 1.68. The van der Waals surface area contributed by atoms with E-state index in [-0.39, 0.29) is 11.7 Å². The van der Waals surface area contributed by atoms with Crippen molar-refractivity contribution in [1.82, 2.24) is 20.8 Å². The van der Waals surface area contributed by atoms with Crippen molar-refractivity contribution in [1.29, 1.82) is 0 Å². The lowest BCUT2D eigenvalue weighted by Gasteiger charge is -2.03. The summed E-state index contributed by atoms with van der Waals surface area (Å²) in [5.74, 6) is 0.732. The van der Waals surface area contributed by atoms with Crippen molar-refractivity contribution in [2.75, 3.05) is 12.3 Å². The zero-order chi connectivity index (χ0) is 13.7. The van der Waals surface area contributed by atoms with Gasteiger partial charge in [0.25, 0.3) is 5.22 Å². The quantitative estimate of drug-likeness (QED) is 0.764. The van der Waals surface area contributed by atoms with Crippen molar-refractivity contribution in [3.63, 3.8) is 0 Å². The summed E-state index contributed by atoms with van der Waals surface area (Å²) in [6.07, 6.45) is 3.00. The molecule has 0 aliphatic heterocycles. The molecule has 7 nitrogen and oxygen atoms in total. The van der Waals surface area contributed by atoms with Crippen molar-refractivity contribution in [2.45, 2.75) is 37.3 Å². The van der Waals surface area contributed by atoms with Gasteiger partial charge in [-0.3, -0.25) is 10.1 Å². The fourth-order valence-corrected chi connectivity index (χ4v) is 1.92. The number of nitrogens with one attached hydrogen (secondary N) is 2. The molecule has 1 heterocycles. The van der Waals surface area contributed by atoms with E-state index in [1.807, 2.05) is 6.92 Å². The van der Waals surface area contributed by atoms with Crippen LogP contribution in [0.3, 0.4) is 0 Å². The number of carbonyl (C=O) groups is 2. The molecule has 2 N–H and O–H groups in total. The molecular formula is C11H16N4O3S. The number of urea groups is 1. The molecule has 1 saturated carbocycles. The normalized spacial score (nSPS) is 14.2. The van der Waals surface area contributed by atoms with Crippen LogP contribution in [-0.2, 0) is 4.79 Å². The van der Waals surface area contributed by atoms with E-state index < -0.39 is 6.03 Å². The molecule has 0 saturated heterocycles. The molecule has 1 fully saturated rings. The largest absolute Gasteiger partial charge is 0.416 e. The minimum absolute atomic E-state index is 0.0752. The lowest BCUT2D eigenvalue weighted by atomic mass is 10.4. The molecule has 0 radical (unpaired) electrons. The minimum atomic E-state index is -0.475. The van der Waals surface area contributed by atoms with Gasteiger partial charge >= 0.3 is 6.03 Å². The highest BCUT2D eigenvalue weighted by Gasteiger charge is 2.29. The van der Waals surface area contributed by atoms with Crippen LogP contribution in [0.25, 0.3) is 0 Å². The summed E-state index contributed by atoms with van der Waals surface area (Å²) in [7, 11) is 0. The highest BCUT2D eigenvalue weighted by atomic mass is 32.2. The molecule has 1 aliphatic rings. The maximum atomic E-state index is 11.5. The first-order valence-corrected chi connectivity index (χ1v) is 7.21. The summed E-state index contributed by atoms with van der Waals surface area (Å²) in [5, 5.41) is 12.9. The van der Waals surface area contributed by atoms with Gasteiger partial charge in [0.15, 0.2) is 0 Å². The van der Waals surface area contributed by atoms with Gasteiger partial charge in [-0.05, 0) is 19.3 Å². The fourth-order valence-electron chi connectivity index (χ4n) is 1.35. The Labute approximate surface area is 114 Å². The summed E-state index contributed by atoms with van der Waals surface area (Å²) >= 11 is 1.13. The summed E-state index contributed by atoms with van der Waals surface area (Å²) in [5.41, 5.74) is 0. The van der Waals surface area contributed by atoms with Gasteiger partial charge in [0, 0.05) is 12.5 Å². The molecular weight excluding hydrogens is 268 g/mol. The van der Waals surface area contributed by atoms with Crippen LogP contribution in [0.4, 0.5) is 4.79 Å². The van der Waals surface area contributed by atoms with E-state index in [1.54, 1.807) is 0 Å². The van der Waals surface area contributed by atoms with Crippen molar-refractivity contribution in [2.24, 2.45) is 0 Å². The second-order valence-corrected chi connectivity index (χ2v) is 5.20. The average molecular weight is 284 g/mol. The summed E-state index contributed by atoms with van der Waals surface area (Å²) in [6.45, 7) is 2.48. The predicted octanol–water partition coefficient (Wildman–Crippen LogP) is 1.27. The van der Waals surface area contributed by atoms with Gasteiger partial charge in [0.1, 0.15) is 0 Å². The van der Waals surface area contributed by atoms with Crippen LogP contribution in [0.15, 0.2) is 9.64 Å². The Hall–Kier alpha value is -1.57. The molecule has 0 aromatic carbocycles. The van der Waals surface area contributed by atoms with Crippen molar-refractivity contribution < 1.29 is 14.0 Å². The zero-order valence-electron chi connectivity index (χ0n) is 10.6. The van der Waals surface area contributed by atoms with Gasteiger partial charge in [-0.2, -0.15) is 0 Å². The lowest BCUT2D eigenvalue weighted by Crippen LogP contribution is -2.40. The molecule has 8 heteroatoms. The number of hydrogen-bond acceptors (Lipinski definition) is 6.